The van der Waals surface area contributed by atoms with Crippen LogP contribution in [0.1, 0.15) is 19.3 Å². The Bertz CT molecular complexity index is 421. The maximum absolute atomic E-state index is 6.08. The molecule has 2 fully saturated rings. The van der Waals surface area contributed by atoms with Gasteiger partial charge >= 0.3 is 0 Å². The highest BCUT2D eigenvalue weighted by molar-refractivity contribution is 5.31. The van der Waals surface area contributed by atoms with Gasteiger partial charge in [-0.15, -0.1) is 0 Å². The van der Waals surface area contributed by atoms with Crippen LogP contribution in [-0.2, 0) is 0 Å². The van der Waals surface area contributed by atoms with E-state index in [1.54, 1.807) is 7.11 Å². The molecule has 3 rings (SSSR count). The molecular weight excluding hydrogens is 264 g/mol. The van der Waals surface area contributed by atoms with Crippen molar-refractivity contribution in [2.45, 2.75) is 25.4 Å². The average molecular weight is 290 g/mol. The molecular formula is C17H26N2O2. The molecule has 1 unspecified atom stereocenters. The second-order valence-corrected chi connectivity index (χ2v) is 6.15. The number of ether oxygens (including phenoxy) is 2. The molecule has 4 nitrogen and oxygen atoms in total. The summed E-state index contributed by atoms with van der Waals surface area (Å²) in [5, 5.41) is 3.45. The van der Waals surface area contributed by atoms with Crippen LogP contribution < -0.4 is 14.8 Å². The third kappa shape index (κ3) is 4.11. The summed E-state index contributed by atoms with van der Waals surface area (Å²) in [6.45, 7) is 5.97. The molecule has 1 N–H and O–H groups in total. The smallest absolute Gasteiger partial charge is 0.119 e. The van der Waals surface area contributed by atoms with Gasteiger partial charge in [0.25, 0.3) is 0 Å². The molecule has 0 bridgehead atoms. The van der Waals surface area contributed by atoms with E-state index in [-0.39, 0.29) is 0 Å². The van der Waals surface area contributed by atoms with E-state index >= 15 is 0 Å². The van der Waals surface area contributed by atoms with Crippen LogP contribution in [0, 0.1) is 5.92 Å². The number of likely N-dealkylation sites (tertiary alicyclic amines) is 1. The van der Waals surface area contributed by atoms with Crippen molar-refractivity contribution < 1.29 is 9.47 Å². The van der Waals surface area contributed by atoms with Crippen molar-refractivity contribution in [1.82, 2.24) is 10.2 Å². The Kier molecular flexibility index (Phi) is 4.99. The highest BCUT2D eigenvalue weighted by Gasteiger charge is 2.24. The standard InChI is InChI=1S/C17H26N2O2/c1-20-15-2-4-16(5-3-15)21-17-7-10-19(11-8-17)13-14-6-9-18-12-14/h2-5,14,17-18H,6-13H2,1H3. The molecule has 0 saturated carbocycles. The summed E-state index contributed by atoms with van der Waals surface area (Å²) >= 11 is 0. The van der Waals surface area contributed by atoms with Crippen LogP contribution in [0.5, 0.6) is 11.5 Å². The molecule has 0 aliphatic carbocycles. The number of hydrogen-bond acceptors (Lipinski definition) is 4. The molecule has 0 radical (unpaired) electrons. The summed E-state index contributed by atoms with van der Waals surface area (Å²) in [6, 6.07) is 7.90. The minimum Gasteiger partial charge on any atom is -0.497 e. The van der Waals surface area contributed by atoms with E-state index in [0.29, 0.717) is 6.10 Å². The molecule has 2 heterocycles. The van der Waals surface area contributed by atoms with Gasteiger partial charge in [-0.25, -0.2) is 0 Å². The lowest BCUT2D eigenvalue weighted by molar-refractivity contribution is 0.0927. The van der Waals surface area contributed by atoms with E-state index in [0.717, 1.165) is 43.3 Å². The van der Waals surface area contributed by atoms with E-state index in [2.05, 4.69) is 10.2 Å². The molecule has 0 spiro atoms. The van der Waals surface area contributed by atoms with Gasteiger partial charge in [-0.3, -0.25) is 0 Å². The second kappa shape index (κ2) is 7.14. The molecule has 2 saturated heterocycles. The van der Waals surface area contributed by atoms with Crippen molar-refractivity contribution in [2.24, 2.45) is 5.92 Å². The number of hydrogen-bond donors (Lipinski definition) is 1. The van der Waals surface area contributed by atoms with E-state index in [9.17, 15) is 0 Å². The summed E-state index contributed by atoms with van der Waals surface area (Å²) in [5.74, 6) is 2.68. The largest absolute Gasteiger partial charge is 0.497 e. The number of benzene rings is 1. The van der Waals surface area contributed by atoms with E-state index in [1.165, 1.54) is 26.1 Å². The number of methoxy groups -OCH3 is 1. The molecule has 0 aromatic heterocycles. The topological polar surface area (TPSA) is 33.7 Å². The number of nitrogens with one attached hydrogen (secondary N) is 1. The maximum Gasteiger partial charge on any atom is 0.119 e. The highest BCUT2D eigenvalue weighted by Crippen LogP contribution is 2.22. The normalized spacial score (nSPS) is 24.1. The van der Waals surface area contributed by atoms with Gasteiger partial charge < -0.3 is 19.7 Å². The fourth-order valence-electron chi connectivity index (χ4n) is 3.29. The minimum absolute atomic E-state index is 0.358. The monoisotopic (exact) mass is 290 g/mol. The van der Waals surface area contributed by atoms with Crippen LogP contribution in [-0.4, -0.2) is 50.8 Å². The van der Waals surface area contributed by atoms with Crippen LogP contribution in [0.3, 0.4) is 0 Å². The zero-order valence-corrected chi connectivity index (χ0v) is 12.9. The first-order valence-electron chi connectivity index (χ1n) is 8.07. The lowest BCUT2D eigenvalue weighted by Crippen LogP contribution is -2.40. The predicted octanol–water partition coefficient (Wildman–Crippen LogP) is 2.15. The first-order valence-corrected chi connectivity index (χ1v) is 8.07. The van der Waals surface area contributed by atoms with E-state index < -0.39 is 0 Å². The molecule has 116 valence electrons. The predicted molar refractivity (Wildman–Crippen MR) is 84.1 cm³/mol. The van der Waals surface area contributed by atoms with Crippen molar-refractivity contribution in [3.63, 3.8) is 0 Å². The molecule has 1 aromatic rings. The van der Waals surface area contributed by atoms with Crippen LogP contribution >= 0.6 is 0 Å². The van der Waals surface area contributed by atoms with Gasteiger partial charge in [-0.1, -0.05) is 0 Å². The highest BCUT2D eigenvalue weighted by atomic mass is 16.5. The fraction of sp³-hybridized carbons (Fsp3) is 0.647. The summed E-state index contributed by atoms with van der Waals surface area (Å²) in [7, 11) is 1.69. The average Bonchev–Trinajstić information content (AvgIpc) is 3.03. The van der Waals surface area contributed by atoms with Gasteiger partial charge in [0, 0.05) is 19.6 Å². The molecule has 1 atom stereocenters. The van der Waals surface area contributed by atoms with Crippen LogP contribution in [0.15, 0.2) is 24.3 Å². The summed E-state index contributed by atoms with van der Waals surface area (Å²) in [5.41, 5.74) is 0. The zero-order chi connectivity index (χ0) is 14.5. The third-order valence-electron chi connectivity index (χ3n) is 4.58. The second-order valence-electron chi connectivity index (χ2n) is 6.15. The van der Waals surface area contributed by atoms with Gasteiger partial charge in [0.15, 0.2) is 0 Å². The number of nitrogens with zero attached hydrogens (tertiary/aromatic N) is 1. The number of piperidine rings is 1. The molecule has 4 heteroatoms. The van der Waals surface area contributed by atoms with Crippen molar-refractivity contribution in [3.8, 4) is 11.5 Å². The van der Waals surface area contributed by atoms with Gasteiger partial charge in [-0.05, 0) is 62.5 Å². The fourth-order valence-corrected chi connectivity index (χ4v) is 3.29. The van der Waals surface area contributed by atoms with E-state index in [4.69, 9.17) is 9.47 Å². The van der Waals surface area contributed by atoms with E-state index in [1.807, 2.05) is 24.3 Å². The van der Waals surface area contributed by atoms with Crippen LogP contribution in [0.2, 0.25) is 0 Å². The van der Waals surface area contributed by atoms with Crippen LogP contribution in [0.4, 0.5) is 0 Å². The summed E-state index contributed by atoms with van der Waals surface area (Å²) < 4.78 is 11.2. The first-order chi connectivity index (χ1) is 10.3. The number of rotatable bonds is 5. The Morgan fingerprint density at radius 2 is 1.81 bits per heavy atom. The Hall–Kier alpha value is -1.26. The summed E-state index contributed by atoms with van der Waals surface area (Å²) in [6.07, 6.45) is 3.96. The molecule has 21 heavy (non-hydrogen) atoms. The molecule has 1 aromatic carbocycles. The van der Waals surface area contributed by atoms with Crippen molar-refractivity contribution in [1.29, 1.82) is 0 Å². The van der Waals surface area contributed by atoms with Gasteiger partial charge in [0.05, 0.1) is 7.11 Å². The lowest BCUT2D eigenvalue weighted by atomic mass is 10.0. The van der Waals surface area contributed by atoms with Gasteiger partial charge in [0.2, 0.25) is 0 Å². The Balaban J connectivity index is 1.42. The van der Waals surface area contributed by atoms with Crippen molar-refractivity contribution in [2.75, 3.05) is 39.8 Å². The quantitative estimate of drug-likeness (QED) is 0.901. The molecule has 2 aliphatic rings. The Morgan fingerprint density at radius 3 is 2.43 bits per heavy atom. The molecule has 0 amide bonds. The first kappa shape index (κ1) is 14.7. The maximum atomic E-state index is 6.08. The summed E-state index contributed by atoms with van der Waals surface area (Å²) in [4.78, 5) is 2.60. The minimum atomic E-state index is 0.358. The van der Waals surface area contributed by atoms with Crippen molar-refractivity contribution >= 4 is 0 Å². The van der Waals surface area contributed by atoms with Crippen molar-refractivity contribution in [3.05, 3.63) is 24.3 Å². The third-order valence-corrected chi connectivity index (χ3v) is 4.58. The van der Waals surface area contributed by atoms with Gasteiger partial charge in [-0.2, -0.15) is 0 Å². The SMILES string of the molecule is COc1ccc(OC2CCN(CC3CCNC3)CC2)cc1. The Labute approximate surface area is 127 Å². The molecule has 2 aliphatic heterocycles. The zero-order valence-electron chi connectivity index (χ0n) is 12.9. The lowest BCUT2D eigenvalue weighted by Gasteiger charge is -2.33. The Morgan fingerprint density at radius 1 is 1.10 bits per heavy atom. The van der Waals surface area contributed by atoms with Gasteiger partial charge in [0.1, 0.15) is 17.6 Å². The van der Waals surface area contributed by atoms with Crippen LogP contribution in [0.25, 0.3) is 0 Å².